The van der Waals surface area contributed by atoms with E-state index in [1.54, 1.807) is 31.8 Å². The predicted octanol–water partition coefficient (Wildman–Crippen LogP) is 2.08. The number of benzene rings is 1. The number of methoxy groups -OCH3 is 1. The molecule has 1 aromatic carbocycles. The van der Waals surface area contributed by atoms with Crippen LogP contribution in [0.2, 0.25) is 0 Å². The van der Waals surface area contributed by atoms with Crippen LogP contribution in [0.4, 0.5) is 5.69 Å². The Morgan fingerprint density at radius 3 is 2.56 bits per heavy atom. The molecular formula is C18H23N3O4. The number of rotatable bonds is 6. The second kappa shape index (κ2) is 7.83. The summed E-state index contributed by atoms with van der Waals surface area (Å²) < 4.78 is 12.0. The van der Waals surface area contributed by atoms with Gasteiger partial charge in [-0.1, -0.05) is 17.7 Å². The monoisotopic (exact) mass is 345 g/mol. The van der Waals surface area contributed by atoms with Crippen molar-refractivity contribution >= 4 is 17.6 Å². The first-order chi connectivity index (χ1) is 11.8. The highest BCUT2D eigenvalue weighted by molar-refractivity contribution is 5.94. The zero-order valence-corrected chi connectivity index (χ0v) is 15.2. The van der Waals surface area contributed by atoms with Gasteiger partial charge in [0.25, 0.3) is 5.91 Å². The average molecular weight is 345 g/mol. The maximum Gasteiger partial charge on any atom is 0.310 e. The van der Waals surface area contributed by atoms with Gasteiger partial charge in [0.05, 0.1) is 30.6 Å². The molecule has 0 spiro atoms. The molecule has 0 aliphatic rings. The van der Waals surface area contributed by atoms with E-state index in [0.29, 0.717) is 17.1 Å². The van der Waals surface area contributed by atoms with Crippen LogP contribution in [0.1, 0.15) is 22.5 Å². The fourth-order valence-corrected chi connectivity index (χ4v) is 2.53. The van der Waals surface area contributed by atoms with Gasteiger partial charge in [-0.25, -0.2) is 0 Å². The van der Waals surface area contributed by atoms with Crippen molar-refractivity contribution in [1.82, 2.24) is 9.78 Å². The lowest BCUT2D eigenvalue weighted by molar-refractivity contribution is -0.146. The minimum absolute atomic E-state index is 0.0447. The molecule has 0 saturated heterocycles. The summed E-state index contributed by atoms with van der Waals surface area (Å²) in [5.41, 5.74) is 3.94. The van der Waals surface area contributed by atoms with E-state index in [9.17, 15) is 9.59 Å². The molecule has 0 saturated carbocycles. The molecule has 0 atom stereocenters. The number of anilines is 1. The van der Waals surface area contributed by atoms with Crippen molar-refractivity contribution in [2.75, 3.05) is 19.0 Å². The lowest BCUT2D eigenvalue weighted by Crippen LogP contribution is -2.22. The van der Waals surface area contributed by atoms with Crippen LogP contribution in [-0.4, -0.2) is 35.4 Å². The molecule has 1 N–H and O–H groups in total. The van der Waals surface area contributed by atoms with Crippen LogP contribution in [0.5, 0.6) is 5.75 Å². The molecular weight excluding hydrogens is 322 g/mol. The fraction of sp³-hybridized carbons (Fsp3) is 0.389. The zero-order valence-electron chi connectivity index (χ0n) is 15.2. The number of carbonyl (C=O) groups is 2. The van der Waals surface area contributed by atoms with Crippen molar-refractivity contribution < 1.29 is 19.1 Å². The summed E-state index contributed by atoms with van der Waals surface area (Å²) in [5.74, 6) is -0.268. The Morgan fingerprint density at radius 2 is 1.96 bits per heavy atom. The van der Waals surface area contributed by atoms with E-state index in [0.717, 1.165) is 16.8 Å². The first-order valence-electron chi connectivity index (χ1n) is 7.91. The Labute approximate surface area is 146 Å². The summed E-state index contributed by atoms with van der Waals surface area (Å²) in [4.78, 5) is 24.0. The number of nitrogens with zero attached hydrogens (tertiary/aromatic N) is 2. The molecule has 1 heterocycles. The van der Waals surface area contributed by atoms with Crippen LogP contribution in [-0.2, 0) is 27.8 Å². The molecule has 1 aromatic heterocycles. The first kappa shape index (κ1) is 18.5. The third-order valence-corrected chi connectivity index (χ3v) is 3.91. The van der Waals surface area contributed by atoms with Crippen molar-refractivity contribution in [3.05, 3.63) is 40.7 Å². The number of amides is 1. The van der Waals surface area contributed by atoms with Gasteiger partial charge in [0, 0.05) is 12.6 Å². The molecule has 7 heteroatoms. The lowest BCUT2D eigenvalue weighted by Gasteiger charge is -2.10. The largest absolute Gasteiger partial charge is 0.496 e. The molecule has 7 nitrogen and oxygen atoms in total. The molecule has 1 amide bonds. The van der Waals surface area contributed by atoms with Crippen LogP contribution < -0.4 is 10.1 Å². The van der Waals surface area contributed by atoms with E-state index in [4.69, 9.17) is 9.47 Å². The number of aromatic nitrogens is 2. The Bertz CT molecular complexity index is 796. The predicted molar refractivity (Wildman–Crippen MR) is 93.7 cm³/mol. The smallest absolute Gasteiger partial charge is 0.310 e. The summed E-state index contributed by atoms with van der Waals surface area (Å²) in [7, 11) is 3.35. The van der Waals surface area contributed by atoms with Gasteiger partial charge in [-0.2, -0.15) is 5.10 Å². The highest BCUT2D eigenvalue weighted by Crippen LogP contribution is 2.21. The van der Waals surface area contributed by atoms with Gasteiger partial charge in [-0.05, 0) is 26.8 Å². The van der Waals surface area contributed by atoms with E-state index in [1.807, 2.05) is 26.0 Å². The number of hydrogen-bond donors (Lipinski definition) is 1. The number of carbonyl (C=O) groups excluding carboxylic acids is 2. The van der Waals surface area contributed by atoms with Gasteiger partial charge in [0.15, 0.2) is 6.61 Å². The van der Waals surface area contributed by atoms with E-state index < -0.39 is 11.9 Å². The van der Waals surface area contributed by atoms with E-state index in [-0.39, 0.29) is 13.0 Å². The van der Waals surface area contributed by atoms with Gasteiger partial charge >= 0.3 is 5.97 Å². The summed E-state index contributed by atoms with van der Waals surface area (Å²) in [6, 6.07) is 5.57. The maximum atomic E-state index is 12.0. The standard InChI is InChI=1S/C18H23N3O4/c1-11-6-7-15(24-5)14(8-11)9-17(23)25-10-16(22)19-18-12(2)20-21(4)13(18)3/h6-8H,9-10H2,1-5H3,(H,19,22). The molecule has 2 rings (SSSR count). The van der Waals surface area contributed by atoms with Crippen LogP contribution in [0.3, 0.4) is 0 Å². The molecule has 0 aliphatic carbocycles. The highest BCUT2D eigenvalue weighted by Gasteiger charge is 2.15. The molecule has 0 aliphatic heterocycles. The number of aryl methyl sites for hydroxylation is 3. The summed E-state index contributed by atoms with van der Waals surface area (Å²) in [5, 5.41) is 6.95. The third-order valence-electron chi connectivity index (χ3n) is 3.91. The Kier molecular flexibility index (Phi) is 5.80. The first-order valence-corrected chi connectivity index (χ1v) is 7.91. The van der Waals surface area contributed by atoms with Crippen LogP contribution in [0.25, 0.3) is 0 Å². The van der Waals surface area contributed by atoms with Crippen LogP contribution >= 0.6 is 0 Å². The molecule has 0 radical (unpaired) electrons. The summed E-state index contributed by atoms with van der Waals surface area (Å²) in [6.07, 6.45) is 0.0447. The van der Waals surface area contributed by atoms with E-state index in [2.05, 4.69) is 10.4 Å². The van der Waals surface area contributed by atoms with Crippen molar-refractivity contribution in [1.29, 1.82) is 0 Å². The molecule has 0 bridgehead atoms. The topological polar surface area (TPSA) is 82.4 Å². The van der Waals surface area contributed by atoms with Crippen molar-refractivity contribution in [2.45, 2.75) is 27.2 Å². The summed E-state index contributed by atoms with van der Waals surface area (Å²) in [6.45, 7) is 5.24. The number of esters is 1. The SMILES string of the molecule is COc1ccc(C)cc1CC(=O)OCC(=O)Nc1c(C)nn(C)c1C. The normalized spacial score (nSPS) is 10.4. The molecule has 2 aromatic rings. The minimum Gasteiger partial charge on any atom is -0.496 e. The fourth-order valence-electron chi connectivity index (χ4n) is 2.53. The second-order valence-corrected chi connectivity index (χ2v) is 5.87. The van der Waals surface area contributed by atoms with Gasteiger partial charge in [-0.15, -0.1) is 0 Å². The van der Waals surface area contributed by atoms with Crippen molar-refractivity contribution in [3.8, 4) is 5.75 Å². The maximum absolute atomic E-state index is 12.0. The Balaban J connectivity index is 1.92. The van der Waals surface area contributed by atoms with Crippen molar-refractivity contribution in [2.24, 2.45) is 7.05 Å². The van der Waals surface area contributed by atoms with Gasteiger partial charge in [-0.3, -0.25) is 14.3 Å². The average Bonchev–Trinajstić information content (AvgIpc) is 2.79. The van der Waals surface area contributed by atoms with Crippen LogP contribution in [0.15, 0.2) is 18.2 Å². The molecule has 0 unspecified atom stereocenters. The number of nitrogens with one attached hydrogen (secondary N) is 1. The molecule has 134 valence electrons. The van der Waals surface area contributed by atoms with Gasteiger partial charge < -0.3 is 14.8 Å². The second-order valence-electron chi connectivity index (χ2n) is 5.87. The van der Waals surface area contributed by atoms with Crippen molar-refractivity contribution in [3.63, 3.8) is 0 Å². The quantitative estimate of drug-likeness (QED) is 0.811. The van der Waals surface area contributed by atoms with Crippen LogP contribution in [0, 0.1) is 20.8 Å². The zero-order chi connectivity index (χ0) is 18.6. The highest BCUT2D eigenvalue weighted by atomic mass is 16.5. The minimum atomic E-state index is -0.487. The Hall–Kier alpha value is -2.83. The summed E-state index contributed by atoms with van der Waals surface area (Å²) >= 11 is 0. The van der Waals surface area contributed by atoms with Gasteiger partial charge in [0.1, 0.15) is 5.75 Å². The van der Waals surface area contributed by atoms with Gasteiger partial charge in [0.2, 0.25) is 0 Å². The third kappa shape index (κ3) is 4.59. The number of ether oxygens (including phenoxy) is 2. The van der Waals surface area contributed by atoms with E-state index >= 15 is 0 Å². The molecule has 0 fully saturated rings. The lowest BCUT2D eigenvalue weighted by atomic mass is 10.1. The van der Waals surface area contributed by atoms with E-state index in [1.165, 1.54) is 0 Å². The number of hydrogen-bond acceptors (Lipinski definition) is 5. The molecule has 25 heavy (non-hydrogen) atoms. The Morgan fingerprint density at radius 1 is 1.24 bits per heavy atom.